The van der Waals surface area contributed by atoms with Crippen molar-refractivity contribution in [3.63, 3.8) is 0 Å². The Morgan fingerprint density at radius 3 is 1.20 bits per heavy atom. The third-order valence-electron chi connectivity index (χ3n) is 19.4. The molecular formula is C98H102BClK3N4O11P2Pd2-3. The molecule has 0 bridgehead atoms. The molecule has 3 unspecified atom stereocenters. The molecule has 15 nitrogen and oxygen atoms in total. The summed E-state index contributed by atoms with van der Waals surface area (Å²) >= 11 is 7.93. The molecule has 2 N–H and O–H groups in total. The van der Waals surface area contributed by atoms with Crippen LogP contribution in [0.15, 0.2) is 322 Å². The molecule has 2 aliphatic carbocycles. The van der Waals surface area contributed by atoms with Crippen LogP contribution in [0.1, 0.15) is 97.6 Å². The van der Waals surface area contributed by atoms with Gasteiger partial charge < -0.3 is 76.2 Å². The van der Waals surface area contributed by atoms with Gasteiger partial charge in [0.05, 0.1) is 25.5 Å². The van der Waals surface area contributed by atoms with Crippen molar-refractivity contribution in [1.29, 1.82) is 0 Å². The van der Waals surface area contributed by atoms with Gasteiger partial charge in [0, 0.05) is 68.6 Å². The van der Waals surface area contributed by atoms with Gasteiger partial charge in [0.15, 0.2) is 0 Å². The van der Waals surface area contributed by atoms with Gasteiger partial charge in [-0.3, -0.25) is 15.0 Å². The number of halogens is 1. The molecule has 0 amide bonds. The van der Waals surface area contributed by atoms with Crippen LogP contribution in [-0.4, -0.2) is 143 Å². The van der Waals surface area contributed by atoms with Gasteiger partial charge >= 0.3 is 150 Å². The van der Waals surface area contributed by atoms with E-state index in [9.17, 15) is 14.4 Å². The number of pyridine rings is 4. The van der Waals surface area contributed by atoms with E-state index < -0.39 is 15.4 Å². The Hall–Kier alpha value is -4.63. The molecule has 122 heavy (non-hydrogen) atoms. The van der Waals surface area contributed by atoms with E-state index in [0.717, 1.165) is 61.9 Å². The molecule has 0 radical (unpaired) electrons. The first kappa shape index (κ1) is 110. The van der Waals surface area contributed by atoms with Crippen molar-refractivity contribution in [3.05, 3.63) is 393 Å². The van der Waals surface area contributed by atoms with Crippen molar-refractivity contribution >= 4 is 126 Å². The first-order chi connectivity index (χ1) is 58.3. The van der Waals surface area contributed by atoms with Crippen LogP contribution in [0.25, 0.3) is 22.4 Å². The summed E-state index contributed by atoms with van der Waals surface area (Å²) in [5.41, 5.74) is 13.4. The second-order valence-corrected chi connectivity index (χ2v) is 31.4. The van der Waals surface area contributed by atoms with Gasteiger partial charge in [0.1, 0.15) is 16.7 Å². The molecule has 0 spiro atoms. The molecule has 24 heteroatoms. The van der Waals surface area contributed by atoms with E-state index in [1.54, 1.807) is 88.2 Å². The summed E-state index contributed by atoms with van der Waals surface area (Å²) in [6.07, 6.45) is 36.9. The van der Waals surface area contributed by atoms with Crippen molar-refractivity contribution in [2.75, 3.05) is 14.2 Å². The standard InChI is InChI=1S/C35H33O2.C26H35O2P.C17H16O.C10H8N2.C5H6BNO2.C5H4ClN.3K.HO4P.2Pd/c36-34(23-21-28-13-5-1-6-14-28)32(25-30-17-9-3-10-18-30)27-33(26-31-19-11-4-12-20-31)35(37)24-22-29-15-7-2-8-16-29;1-27-23-17-11-18-24(28-2)26(23)22-16-9-10-19-25(22)29(20-12-5-3-6-13-20)21-14-7-4-8-15-21;18-17(13-11-15-7-3-1-4-8-15)14-12-16-9-5-2-6-10-16;1-2-7-12-10(5-1)9-4-3-6-11-8-9;8-6(9)5-2-1-3-7-4-5;6-5-3-1-2-4-7-5;;;;1-4-5(2)3;;/h1-20,23-24,27,32-33H,21-22,25-26H2;9-11,16-21H,3-8,12-15H2,1-2H3;1-10,13-14H,11-12H2;1-8H;1-4,8-9H;1-4H;;;;1H;;/q-3;;-2;;;;;;+1;;;+2/p-1. The zero-order chi connectivity index (χ0) is 84.7. The van der Waals surface area contributed by atoms with E-state index in [1.165, 1.54) is 150 Å². The molecule has 2 aliphatic rings. The normalized spacial score (nSPS) is 12.3. The van der Waals surface area contributed by atoms with Crippen LogP contribution < -0.4 is 81.8 Å². The van der Waals surface area contributed by atoms with Crippen LogP contribution in [0.5, 0.6) is 11.5 Å². The summed E-state index contributed by atoms with van der Waals surface area (Å²) in [5.74, 6) is 1.28. The number of Topliss-reactive ketones (excluding diaryl/α,β-unsaturated/α-hetero) is 3. The zero-order valence-electron chi connectivity index (χ0n) is 69.9. The minimum Gasteiger partial charge on any atom is -0.264 e. The molecule has 4 heterocycles. The summed E-state index contributed by atoms with van der Waals surface area (Å²) in [6.45, 7) is 0. The van der Waals surface area contributed by atoms with Crippen molar-refractivity contribution in [2.45, 2.75) is 114 Å². The Balaban J connectivity index is 0.000000325. The largest absolute Gasteiger partial charge is 2.00 e. The smallest absolute Gasteiger partial charge is 0.264 e. The van der Waals surface area contributed by atoms with Crippen molar-refractivity contribution < 1.29 is 146 Å². The van der Waals surface area contributed by atoms with Crippen LogP contribution in [0, 0.1) is 43.9 Å². The number of rotatable bonds is 29. The van der Waals surface area contributed by atoms with Gasteiger partial charge in [-0.25, -0.2) is 9.66 Å². The summed E-state index contributed by atoms with van der Waals surface area (Å²) in [4.78, 5) is 63.2. The van der Waals surface area contributed by atoms with E-state index in [1.807, 2.05) is 243 Å². The van der Waals surface area contributed by atoms with Crippen LogP contribution in [0.4, 0.5) is 0 Å². The Bertz CT molecular complexity index is 4510. The molecule has 2 fully saturated rings. The number of ketones is 3. The summed E-state index contributed by atoms with van der Waals surface area (Å²) in [5, 5.41) is 27.7. The number of hydrogen-bond acceptors (Lipinski definition) is 15. The maximum absolute atomic E-state index is 13.5. The molecule has 8 aromatic carbocycles. The fraction of sp³-hybridized carbons (Fsp3) is 0.224. The number of carbonyl (C=O) groups excluding carboxylic acids is 3. The number of ether oxygens (including phenoxy) is 2. The predicted octanol–water partition coefficient (Wildman–Crippen LogP) is 14.7. The predicted molar refractivity (Wildman–Crippen MR) is 481 cm³/mol. The van der Waals surface area contributed by atoms with Crippen LogP contribution >= 0.6 is 27.8 Å². The number of benzene rings is 8. The quantitative estimate of drug-likeness (QED) is 0.0111. The first-order valence-corrected chi connectivity index (χ1v) is 59.4. The van der Waals surface area contributed by atoms with Crippen molar-refractivity contribution in [1.82, 2.24) is 19.9 Å². The van der Waals surface area contributed by atoms with E-state index >= 15 is 0 Å². The Kier molecular flexibility index (Phi) is 60.8. The van der Waals surface area contributed by atoms with Gasteiger partial charge in [-0.1, -0.05) is 311 Å². The van der Waals surface area contributed by atoms with Crippen LogP contribution in [0.2, 0.25) is 5.15 Å². The van der Waals surface area contributed by atoms with Gasteiger partial charge in [-0.05, 0) is 143 Å². The van der Waals surface area contributed by atoms with Gasteiger partial charge in [0.2, 0.25) is 0 Å². The third-order valence-corrected chi connectivity index (χ3v) is 23.3. The van der Waals surface area contributed by atoms with Crippen LogP contribution in [0.3, 0.4) is 0 Å². The first-order valence-electron chi connectivity index (χ1n) is 40.5. The van der Waals surface area contributed by atoms with Crippen molar-refractivity contribution in [3.8, 4) is 33.9 Å². The van der Waals surface area contributed by atoms with E-state index in [0.29, 0.717) is 49.1 Å². The third kappa shape index (κ3) is 43.4. The molecule has 0 saturated heterocycles. The summed E-state index contributed by atoms with van der Waals surface area (Å²) in [7, 11) is -1.20. The van der Waals surface area contributed by atoms with Gasteiger partial charge in [0.25, 0.3) is 0 Å². The number of aromatic nitrogens is 4. The maximum atomic E-state index is 13.5. The van der Waals surface area contributed by atoms with Crippen LogP contribution in [-0.2, 0) is 103 Å². The molecule has 12 aromatic rings. The fourth-order valence-corrected chi connectivity index (χ4v) is 17.7. The number of hydrogen-bond donors (Lipinski definition) is 2. The molecule has 14 rings (SSSR count). The number of nitrogens with zero attached hydrogens (tertiary/aromatic N) is 4. The molecule has 0 aliphatic heterocycles. The zero-order valence-corrected chi connectivity index (χ0v) is 85.0. The molecule has 626 valence electrons. The monoisotopic (exact) mass is 1950 g/mol. The SMILES string of the molecule is COc1cccc(OC)c1-c1ccccc1P(C1CCCCC1)C1CCCCC1.Clc1ccccn1.O=C([CH-]Cc1ccccc1)C([CH-]C(Cc1ccccc1)C(=O)[CH-]Cc1ccccc1)Cc1ccccc1.O=C([CH-]Cc1ccccc1)[CH-]Cc1ccccc1.O=[P+]([O-])O[O-].OB(O)c1cccnc1.[K+].[K][K].[Pd+2].[Pd].c1ccc(-c2cccnc2)nc1. The summed E-state index contributed by atoms with van der Waals surface area (Å²) < 4.78 is 22.9. The molecule has 3 atom stereocenters. The average Bonchev–Trinajstić information content (AvgIpc) is 0.772. The summed E-state index contributed by atoms with van der Waals surface area (Å²) in [6, 6.07) is 93.8. The topological polar surface area (TPSA) is 234 Å². The number of methoxy groups -OCH3 is 2. The maximum Gasteiger partial charge on any atom is 2.00 e. The molecular weight excluding hydrogens is 1850 g/mol. The molecule has 2 saturated carbocycles. The molecule has 4 aromatic heterocycles. The fourth-order valence-electron chi connectivity index (χ4n) is 13.6. The second kappa shape index (κ2) is 67.6. The number of carbonyl (C=O) groups is 3. The Labute approximate surface area is 845 Å². The van der Waals surface area contributed by atoms with E-state index in [2.05, 4.69) is 61.0 Å². The van der Waals surface area contributed by atoms with E-state index in [-0.39, 0.29) is 129 Å². The Morgan fingerprint density at radius 1 is 0.492 bits per heavy atom. The van der Waals surface area contributed by atoms with Gasteiger partial charge in [-0.2, -0.15) is 0 Å². The minimum atomic E-state index is -3.15. The Morgan fingerprint density at radius 2 is 0.869 bits per heavy atom. The minimum absolute atomic E-state index is 0. The average molecular weight is 1950 g/mol. The second-order valence-electron chi connectivity index (χ2n) is 27.7. The van der Waals surface area contributed by atoms with Gasteiger partial charge in [-0.15, -0.1) is 43.3 Å². The van der Waals surface area contributed by atoms with E-state index in [4.69, 9.17) is 45.8 Å². The van der Waals surface area contributed by atoms with Crippen molar-refractivity contribution in [2.24, 2.45) is 11.8 Å².